The summed E-state index contributed by atoms with van der Waals surface area (Å²) in [5.74, 6) is 2.09. The first-order chi connectivity index (χ1) is 8.56. The van der Waals surface area contributed by atoms with E-state index in [1.54, 1.807) is 0 Å². The van der Waals surface area contributed by atoms with E-state index in [0.717, 1.165) is 37.7 Å². The SMILES string of the molecule is C=CCN(CC)Cc1cc(C)c(CNC(C)C)o1. The first-order valence-electron chi connectivity index (χ1n) is 6.71. The van der Waals surface area contributed by atoms with Crippen molar-refractivity contribution in [2.24, 2.45) is 0 Å². The van der Waals surface area contributed by atoms with E-state index in [-0.39, 0.29) is 0 Å². The van der Waals surface area contributed by atoms with Gasteiger partial charge in [-0.15, -0.1) is 6.58 Å². The second-order valence-electron chi connectivity index (χ2n) is 4.97. The summed E-state index contributed by atoms with van der Waals surface area (Å²) in [5, 5.41) is 3.38. The lowest BCUT2D eigenvalue weighted by Crippen LogP contribution is -2.22. The van der Waals surface area contributed by atoms with Crippen molar-refractivity contribution < 1.29 is 4.42 Å². The number of likely N-dealkylation sites (N-methyl/N-ethyl adjacent to an activating group) is 1. The third-order valence-corrected chi connectivity index (χ3v) is 2.96. The van der Waals surface area contributed by atoms with E-state index in [2.05, 4.69) is 50.6 Å². The van der Waals surface area contributed by atoms with Crippen LogP contribution >= 0.6 is 0 Å². The van der Waals surface area contributed by atoms with Crippen LogP contribution in [0.3, 0.4) is 0 Å². The van der Waals surface area contributed by atoms with Crippen molar-refractivity contribution in [1.29, 1.82) is 0 Å². The lowest BCUT2D eigenvalue weighted by Gasteiger charge is -2.16. The molecule has 3 heteroatoms. The first-order valence-corrected chi connectivity index (χ1v) is 6.71. The Morgan fingerprint density at radius 2 is 2.22 bits per heavy atom. The summed E-state index contributed by atoms with van der Waals surface area (Å²) in [6.45, 7) is 15.9. The fraction of sp³-hybridized carbons (Fsp3) is 0.600. The Kier molecular flexibility index (Phi) is 6.16. The average Bonchev–Trinajstić information content (AvgIpc) is 2.66. The minimum absolute atomic E-state index is 0.478. The van der Waals surface area contributed by atoms with E-state index in [4.69, 9.17) is 4.42 Å². The van der Waals surface area contributed by atoms with Crippen molar-refractivity contribution in [2.75, 3.05) is 13.1 Å². The van der Waals surface area contributed by atoms with Crippen LogP contribution in [0, 0.1) is 6.92 Å². The quantitative estimate of drug-likeness (QED) is 0.719. The van der Waals surface area contributed by atoms with Crippen LogP contribution in [-0.4, -0.2) is 24.0 Å². The second kappa shape index (κ2) is 7.39. The molecule has 1 heterocycles. The Balaban J connectivity index is 2.62. The normalized spacial score (nSPS) is 11.4. The average molecular weight is 250 g/mol. The van der Waals surface area contributed by atoms with Crippen LogP contribution in [0.1, 0.15) is 37.9 Å². The molecule has 0 aliphatic carbocycles. The highest BCUT2D eigenvalue weighted by Crippen LogP contribution is 2.16. The molecule has 0 aliphatic rings. The molecular formula is C15H26N2O. The first kappa shape index (κ1) is 15.0. The Morgan fingerprint density at radius 1 is 1.50 bits per heavy atom. The summed E-state index contributed by atoms with van der Waals surface area (Å²) < 4.78 is 5.91. The zero-order valence-corrected chi connectivity index (χ0v) is 12.1. The molecule has 0 fully saturated rings. The zero-order valence-electron chi connectivity index (χ0n) is 12.1. The van der Waals surface area contributed by atoms with Crippen LogP contribution in [0.4, 0.5) is 0 Å². The Labute approximate surface area is 111 Å². The monoisotopic (exact) mass is 250 g/mol. The second-order valence-corrected chi connectivity index (χ2v) is 4.97. The smallest absolute Gasteiger partial charge is 0.120 e. The summed E-state index contributed by atoms with van der Waals surface area (Å²) in [6.07, 6.45) is 1.93. The van der Waals surface area contributed by atoms with Crippen molar-refractivity contribution >= 4 is 0 Å². The number of nitrogens with one attached hydrogen (secondary N) is 1. The summed E-state index contributed by atoms with van der Waals surface area (Å²) in [7, 11) is 0. The molecule has 0 saturated carbocycles. The van der Waals surface area contributed by atoms with Gasteiger partial charge in [0.1, 0.15) is 11.5 Å². The van der Waals surface area contributed by atoms with Crippen LogP contribution in [0.25, 0.3) is 0 Å². The maximum absolute atomic E-state index is 5.91. The highest BCUT2D eigenvalue weighted by molar-refractivity contribution is 5.20. The molecule has 0 atom stereocenters. The number of rotatable bonds is 8. The van der Waals surface area contributed by atoms with E-state index in [0.29, 0.717) is 6.04 Å². The van der Waals surface area contributed by atoms with Crippen molar-refractivity contribution in [3.8, 4) is 0 Å². The van der Waals surface area contributed by atoms with Gasteiger partial charge in [0.15, 0.2) is 0 Å². The Bertz CT molecular complexity index is 369. The molecule has 0 aromatic carbocycles. The molecule has 0 aliphatic heterocycles. The Morgan fingerprint density at radius 3 is 2.78 bits per heavy atom. The minimum Gasteiger partial charge on any atom is -0.463 e. The van der Waals surface area contributed by atoms with Gasteiger partial charge in [-0.05, 0) is 25.1 Å². The van der Waals surface area contributed by atoms with E-state index in [1.165, 1.54) is 5.56 Å². The van der Waals surface area contributed by atoms with Crippen molar-refractivity contribution in [3.05, 3.63) is 35.8 Å². The van der Waals surface area contributed by atoms with Crippen LogP contribution in [0.15, 0.2) is 23.1 Å². The van der Waals surface area contributed by atoms with Gasteiger partial charge in [0.05, 0.1) is 13.1 Å². The summed E-state index contributed by atoms with van der Waals surface area (Å²) in [5.41, 5.74) is 1.23. The molecule has 1 N–H and O–H groups in total. The molecule has 0 bridgehead atoms. The number of nitrogens with zero attached hydrogens (tertiary/aromatic N) is 1. The maximum atomic E-state index is 5.91. The number of aryl methyl sites for hydroxylation is 1. The molecular weight excluding hydrogens is 224 g/mol. The zero-order chi connectivity index (χ0) is 13.5. The maximum Gasteiger partial charge on any atom is 0.120 e. The third kappa shape index (κ3) is 4.67. The number of hydrogen-bond donors (Lipinski definition) is 1. The predicted octanol–water partition coefficient (Wildman–Crippen LogP) is 3.09. The van der Waals surface area contributed by atoms with Gasteiger partial charge >= 0.3 is 0 Å². The molecule has 1 aromatic heterocycles. The van der Waals surface area contributed by atoms with Gasteiger partial charge in [0.25, 0.3) is 0 Å². The molecule has 0 spiro atoms. The molecule has 1 aromatic rings. The summed E-state index contributed by atoms with van der Waals surface area (Å²) >= 11 is 0. The topological polar surface area (TPSA) is 28.4 Å². The van der Waals surface area contributed by atoms with E-state index in [9.17, 15) is 0 Å². The van der Waals surface area contributed by atoms with Gasteiger partial charge < -0.3 is 9.73 Å². The van der Waals surface area contributed by atoms with Gasteiger partial charge in [0.2, 0.25) is 0 Å². The highest BCUT2D eigenvalue weighted by atomic mass is 16.3. The van der Waals surface area contributed by atoms with Gasteiger partial charge in [-0.25, -0.2) is 0 Å². The molecule has 102 valence electrons. The van der Waals surface area contributed by atoms with E-state index >= 15 is 0 Å². The van der Waals surface area contributed by atoms with Gasteiger partial charge in [-0.3, -0.25) is 4.90 Å². The van der Waals surface area contributed by atoms with Crippen molar-refractivity contribution in [2.45, 2.75) is 46.8 Å². The fourth-order valence-corrected chi connectivity index (χ4v) is 1.85. The Hall–Kier alpha value is -1.06. The lowest BCUT2D eigenvalue weighted by atomic mass is 10.2. The van der Waals surface area contributed by atoms with Gasteiger partial charge in [-0.2, -0.15) is 0 Å². The highest BCUT2D eigenvalue weighted by Gasteiger charge is 2.10. The fourth-order valence-electron chi connectivity index (χ4n) is 1.85. The molecule has 0 unspecified atom stereocenters. The summed E-state index contributed by atoms with van der Waals surface area (Å²) in [6, 6.07) is 2.62. The molecule has 0 amide bonds. The molecule has 18 heavy (non-hydrogen) atoms. The van der Waals surface area contributed by atoms with Gasteiger partial charge in [0, 0.05) is 12.6 Å². The van der Waals surface area contributed by atoms with E-state index < -0.39 is 0 Å². The number of hydrogen-bond acceptors (Lipinski definition) is 3. The van der Waals surface area contributed by atoms with Crippen LogP contribution in [0.5, 0.6) is 0 Å². The van der Waals surface area contributed by atoms with Crippen LogP contribution < -0.4 is 5.32 Å². The molecule has 1 rings (SSSR count). The number of furan rings is 1. The van der Waals surface area contributed by atoms with Crippen molar-refractivity contribution in [3.63, 3.8) is 0 Å². The molecule has 3 nitrogen and oxygen atoms in total. The van der Waals surface area contributed by atoms with Gasteiger partial charge in [-0.1, -0.05) is 26.8 Å². The minimum atomic E-state index is 0.478. The molecule has 0 saturated heterocycles. The predicted molar refractivity (Wildman–Crippen MR) is 76.6 cm³/mol. The van der Waals surface area contributed by atoms with Crippen LogP contribution in [-0.2, 0) is 13.1 Å². The summed E-state index contributed by atoms with van der Waals surface area (Å²) in [4.78, 5) is 2.30. The van der Waals surface area contributed by atoms with Crippen molar-refractivity contribution in [1.82, 2.24) is 10.2 Å². The van der Waals surface area contributed by atoms with E-state index in [1.807, 2.05) is 6.08 Å². The van der Waals surface area contributed by atoms with Crippen LogP contribution in [0.2, 0.25) is 0 Å². The molecule has 0 radical (unpaired) electrons. The third-order valence-electron chi connectivity index (χ3n) is 2.96. The standard InChI is InChI=1S/C15H26N2O/c1-6-8-17(7-2)11-14-9-13(5)15(18-14)10-16-12(3)4/h6,9,12,16H,1,7-8,10-11H2,2-5H3. The largest absolute Gasteiger partial charge is 0.463 e. The lowest BCUT2D eigenvalue weighted by molar-refractivity contribution is 0.276.